The molecule has 0 saturated carbocycles. The van der Waals surface area contributed by atoms with E-state index in [0.717, 1.165) is 88.1 Å². The van der Waals surface area contributed by atoms with Gasteiger partial charge in [-0.1, -0.05) is 121 Å². The van der Waals surface area contributed by atoms with Gasteiger partial charge in [0.05, 0.1) is 22.1 Å². The highest BCUT2D eigenvalue weighted by Crippen LogP contribution is 2.45. The van der Waals surface area contributed by atoms with Gasteiger partial charge in [-0.05, 0) is 81.5 Å². The zero-order valence-corrected chi connectivity index (χ0v) is 30.4. The molecule has 0 atom stereocenters. The van der Waals surface area contributed by atoms with Gasteiger partial charge in [-0.25, -0.2) is 9.97 Å². The summed E-state index contributed by atoms with van der Waals surface area (Å²) >= 11 is 0. The lowest BCUT2D eigenvalue weighted by molar-refractivity contribution is 0.667. The predicted octanol–water partition coefficient (Wildman–Crippen LogP) is 14.2. The van der Waals surface area contributed by atoms with E-state index in [2.05, 4.69) is 162 Å². The average Bonchev–Trinajstić information content (AvgIpc) is 3.94. The third kappa shape index (κ3) is 4.34. The molecular formula is C52H29N3O2. The quantitative estimate of drug-likeness (QED) is 0.182. The van der Waals surface area contributed by atoms with Crippen LogP contribution in [0.25, 0.3) is 126 Å². The Morgan fingerprint density at radius 2 is 1.07 bits per heavy atom. The van der Waals surface area contributed by atoms with Crippen LogP contribution in [0.5, 0.6) is 0 Å². The van der Waals surface area contributed by atoms with E-state index in [9.17, 15) is 0 Å². The lowest BCUT2D eigenvalue weighted by Gasteiger charge is -2.12. The van der Waals surface area contributed by atoms with E-state index in [1.54, 1.807) is 0 Å². The molecule has 13 rings (SSSR count). The first-order valence-corrected chi connectivity index (χ1v) is 19.2. The number of nitrogens with zero attached hydrogens (tertiary/aromatic N) is 3. The van der Waals surface area contributed by atoms with Gasteiger partial charge in [0.1, 0.15) is 28.0 Å². The standard InChI is InChI=1S/C52H29N3O2/c1-2-13-31-26-34(25-24-30(31)12-1)48-51-49(38-19-8-10-22-45(38)56-51)54-52(53-48)40-29-41-47-43(21-11-23-46(47)57-50(41)37-18-6-5-16-35(37)40)55-42-20-9-7-17-36(42)39-27-32-14-3-4-15-33(32)28-44(39)55/h1-29H. The fraction of sp³-hybridized carbons (Fsp3) is 0. The summed E-state index contributed by atoms with van der Waals surface area (Å²) in [6, 6.07) is 62.0. The second kappa shape index (κ2) is 11.4. The summed E-state index contributed by atoms with van der Waals surface area (Å²) in [5, 5.41) is 12.2. The lowest BCUT2D eigenvalue weighted by Crippen LogP contribution is -1.96. The zero-order valence-electron chi connectivity index (χ0n) is 30.4. The Morgan fingerprint density at radius 1 is 0.404 bits per heavy atom. The molecule has 0 aliphatic heterocycles. The maximum absolute atomic E-state index is 6.87. The van der Waals surface area contributed by atoms with E-state index < -0.39 is 0 Å². The normalized spacial score (nSPS) is 12.2. The van der Waals surface area contributed by atoms with Gasteiger partial charge in [0.25, 0.3) is 0 Å². The molecule has 0 N–H and O–H groups in total. The minimum absolute atomic E-state index is 0.630. The third-order valence-electron chi connectivity index (χ3n) is 11.7. The molecule has 0 aliphatic rings. The van der Waals surface area contributed by atoms with E-state index in [1.165, 1.54) is 26.9 Å². The largest absolute Gasteiger partial charge is 0.455 e. The fourth-order valence-corrected chi connectivity index (χ4v) is 9.16. The van der Waals surface area contributed by atoms with Crippen molar-refractivity contribution < 1.29 is 8.83 Å². The topological polar surface area (TPSA) is 57.0 Å². The zero-order chi connectivity index (χ0) is 37.2. The number of benzene rings is 9. The summed E-state index contributed by atoms with van der Waals surface area (Å²) in [7, 11) is 0. The Labute approximate surface area is 324 Å². The predicted molar refractivity (Wildman–Crippen MR) is 234 cm³/mol. The number of rotatable bonds is 3. The third-order valence-corrected chi connectivity index (χ3v) is 11.7. The number of hydrogen-bond donors (Lipinski definition) is 0. The molecule has 4 heterocycles. The van der Waals surface area contributed by atoms with Crippen LogP contribution in [0.4, 0.5) is 0 Å². The van der Waals surface area contributed by atoms with Crippen LogP contribution in [-0.4, -0.2) is 14.5 Å². The van der Waals surface area contributed by atoms with Crippen LogP contribution in [0.15, 0.2) is 185 Å². The summed E-state index contributed by atoms with van der Waals surface area (Å²) in [5.41, 5.74) is 9.93. The Bertz CT molecular complexity index is 3830. The number of para-hydroxylation sites is 2. The van der Waals surface area contributed by atoms with Crippen LogP contribution in [-0.2, 0) is 0 Å². The van der Waals surface area contributed by atoms with Crippen molar-refractivity contribution in [3.63, 3.8) is 0 Å². The van der Waals surface area contributed by atoms with Gasteiger partial charge in [0.2, 0.25) is 0 Å². The lowest BCUT2D eigenvalue weighted by atomic mass is 9.98. The highest BCUT2D eigenvalue weighted by molar-refractivity contribution is 6.22. The molecule has 0 radical (unpaired) electrons. The molecular weight excluding hydrogens is 699 g/mol. The van der Waals surface area contributed by atoms with Crippen LogP contribution in [0.1, 0.15) is 0 Å². The number of furan rings is 2. The highest BCUT2D eigenvalue weighted by atomic mass is 16.3. The minimum atomic E-state index is 0.630. The Morgan fingerprint density at radius 3 is 1.93 bits per heavy atom. The van der Waals surface area contributed by atoms with Crippen molar-refractivity contribution in [2.75, 3.05) is 0 Å². The molecule has 0 amide bonds. The molecule has 264 valence electrons. The molecule has 5 heteroatoms. The Hall–Kier alpha value is -7.76. The van der Waals surface area contributed by atoms with Crippen molar-refractivity contribution in [3.8, 4) is 28.3 Å². The monoisotopic (exact) mass is 727 g/mol. The summed E-state index contributed by atoms with van der Waals surface area (Å²) in [6.45, 7) is 0. The van der Waals surface area contributed by atoms with E-state index in [1.807, 2.05) is 18.2 Å². The Kier molecular flexibility index (Phi) is 6.10. The smallest absolute Gasteiger partial charge is 0.180 e. The fourth-order valence-electron chi connectivity index (χ4n) is 9.16. The van der Waals surface area contributed by atoms with E-state index in [0.29, 0.717) is 11.4 Å². The van der Waals surface area contributed by atoms with Gasteiger partial charge in [-0.3, -0.25) is 0 Å². The average molecular weight is 728 g/mol. The summed E-state index contributed by atoms with van der Waals surface area (Å²) in [5.74, 6) is 0.630. The maximum atomic E-state index is 6.87. The molecule has 0 saturated heterocycles. The van der Waals surface area contributed by atoms with E-state index >= 15 is 0 Å². The first-order chi connectivity index (χ1) is 28.2. The van der Waals surface area contributed by atoms with Crippen LogP contribution in [0, 0.1) is 0 Å². The van der Waals surface area contributed by atoms with Gasteiger partial charge in [0, 0.05) is 38.1 Å². The molecule has 0 spiro atoms. The molecule has 9 aromatic carbocycles. The highest BCUT2D eigenvalue weighted by Gasteiger charge is 2.24. The van der Waals surface area contributed by atoms with Crippen molar-refractivity contribution in [1.82, 2.24) is 14.5 Å². The van der Waals surface area contributed by atoms with Crippen molar-refractivity contribution >= 4 is 98.1 Å². The van der Waals surface area contributed by atoms with E-state index in [-0.39, 0.29) is 0 Å². The first kappa shape index (κ1) is 30.6. The molecule has 5 nitrogen and oxygen atoms in total. The molecule has 0 fully saturated rings. The van der Waals surface area contributed by atoms with Crippen molar-refractivity contribution in [2.24, 2.45) is 0 Å². The van der Waals surface area contributed by atoms with Gasteiger partial charge in [0.15, 0.2) is 11.4 Å². The number of hydrogen-bond acceptors (Lipinski definition) is 4. The van der Waals surface area contributed by atoms with Crippen molar-refractivity contribution in [3.05, 3.63) is 176 Å². The summed E-state index contributed by atoms with van der Waals surface area (Å²) in [6.07, 6.45) is 0. The number of aromatic nitrogens is 3. The van der Waals surface area contributed by atoms with Crippen LogP contribution in [0.2, 0.25) is 0 Å². The van der Waals surface area contributed by atoms with Crippen LogP contribution < -0.4 is 0 Å². The summed E-state index contributed by atoms with van der Waals surface area (Å²) in [4.78, 5) is 10.8. The van der Waals surface area contributed by atoms with Crippen LogP contribution >= 0.6 is 0 Å². The molecule has 13 aromatic rings. The SMILES string of the molecule is c1ccc2cc(-c3nc(-c4cc5c(oc6cccc(-n7c8ccccc8c8cc9ccccc9cc87)c65)c5ccccc45)nc4c3oc3ccccc34)ccc2c1. The number of fused-ring (bicyclic) bond motifs is 13. The molecule has 0 aliphatic carbocycles. The second-order valence-corrected chi connectivity index (χ2v) is 14.9. The van der Waals surface area contributed by atoms with Gasteiger partial charge in [-0.15, -0.1) is 0 Å². The molecule has 0 bridgehead atoms. The molecule has 0 unspecified atom stereocenters. The van der Waals surface area contributed by atoms with Gasteiger partial charge < -0.3 is 13.4 Å². The Balaban J connectivity index is 1.14. The maximum Gasteiger partial charge on any atom is 0.180 e. The van der Waals surface area contributed by atoms with Gasteiger partial charge >= 0.3 is 0 Å². The summed E-state index contributed by atoms with van der Waals surface area (Å²) < 4.78 is 15.8. The van der Waals surface area contributed by atoms with Gasteiger partial charge in [-0.2, -0.15) is 0 Å². The second-order valence-electron chi connectivity index (χ2n) is 14.9. The minimum Gasteiger partial charge on any atom is -0.455 e. The molecule has 4 aromatic heterocycles. The van der Waals surface area contributed by atoms with Crippen molar-refractivity contribution in [1.29, 1.82) is 0 Å². The first-order valence-electron chi connectivity index (χ1n) is 19.2. The van der Waals surface area contributed by atoms with E-state index in [4.69, 9.17) is 18.8 Å². The van der Waals surface area contributed by atoms with Crippen molar-refractivity contribution in [2.45, 2.75) is 0 Å². The molecule has 57 heavy (non-hydrogen) atoms. The van der Waals surface area contributed by atoms with Crippen LogP contribution in [0.3, 0.4) is 0 Å².